The average molecular weight is 562 g/mol. The Bertz CT molecular complexity index is 1860. The highest BCUT2D eigenvalue weighted by molar-refractivity contribution is 8.04. The number of carboxylic acid groups (broad SMARTS) is 1. The van der Waals surface area contributed by atoms with Crippen LogP contribution >= 0.6 is 23.1 Å². The van der Waals surface area contributed by atoms with E-state index in [9.17, 15) is 9.90 Å². The van der Waals surface area contributed by atoms with E-state index in [-0.39, 0.29) is 6.42 Å². The highest BCUT2D eigenvalue weighted by Gasteiger charge is 2.26. The highest BCUT2D eigenvalue weighted by Crippen LogP contribution is 2.49. The van der Waals surface area contributed by atoms with Crippen LogP contribution in [0.1, 0.15) is 18.4 Å². The lowest BCUT2D eigenvalue weighted by atomic mass is 10.1. The van der Waals surface area contributed by atoms with E-state index >= 15 is 0 Å². The zero-order valence-corrected chi connectivity index (χ0v) is 23.8. The number of nitrogens with zero attached hydrogens (tertiary/aromatic N) is 2. The molecule has 0 radical (unpaired) electrons. The van der Waals surface area contributed by atoms with Gasteiger partial charge in [0.25, 0.3) is 5.01 Å². The van der Waals surface area contributed by atoms with Crippen LogP contribution in [0.2, 0.25) is 0 Å². The number of allylic oxidation sites excluding steroid dienone is 6. The zero-order chi connectivity index (χ0) is 27.5. The van der Waals surface area contributed by atoms with Crippen molar-refractivity contribution in [2.75, 3.05) is 11.4 Å². The molecule has 0 atom stereocenters. The number of thiazole rings is 1. The highest BCUT2D eigenvalue weighted by atomic mass is 32.2. The van der Waals surface area contributed by atoms with Gasteiger partial charge in [-0.05, 0) is 41.3 Å². The molecule has 198 valence electrons. The van der Waals surface area contributed by atoms with Crippen LogP contribution in [0.4, 0.5) is 5.69 Å². The second kappa shape index (κ2) is 11.5. The number of aryl methyl sites for hydroxylation is 1. The number of hydrogen-bond donors (Lipinski definition) is 1. The van der Waals surface area contributed by atoms with Gasteiger partial charge < -0.3 is 10.0 Å². The number of aromatic nitrogens is 1. The minimum atomic E-state index is -0.792. The number of carbonyl (C=O) groups is 1. The maximum absolute atomic E-state index is 11.3. The van der Waals surface area contributed by atoms with Crippen molar-refractivity contribution in [2.45, 2.75) is 24.8 Å². The van der Waals surface area contributed by atoms with Crippen LogP contribution in [0.15, 0.2) is 119 Å². The van der Waals surface area contributed by atoms with Gasteiger partial charge in [-0.2, -0.15) is 4.57 Å². The van der Waals surface area contributed by atoms with Crippen molar-refractivity contribution in [3.63, 3.8) is 0 Å². The molecule has 1 aromatic heterocycles. The van der Waals surface area contributed by atoms with Crippen LogP contribution in [0.5, 0.6) is 0 Å². The van der Waals surface area contributed by atoms with E-state index in [1.165, 1.54) is 41.7 Å². The summed E-state index contributed by atoms with van der Waals surface area (Å²) in [5.41, 5.74) is 2.35. The summed E-state index contributed by atoms with van der Waals surface area (Å²) in [6.07, 6.45) is 14.5. The third kappa shape index (κ3) is 5.08. The summed E-state index contributed by atoms with van der Waals surface area (Å²) in [6, 6.07) is 25.5. The first kappa shape index (κ1) is 26.1. The molecule has 4 nitrogen and oxygen atoms in total. The molecule has 6 heteroatoms. The molecular formula is C34H29N2O2S2+. The molecule has 0 unspecified atom stereocenters. The molecule has 0 aliphatic carbocycles. The Balaban J connectivity index is 1.20. The molecule has 5 aromatic rings. The summed E-state index contributed by atoms with van der Waals surface area (Å²) in [6.45, 7) is 3.55. The monoisotopic (exact) mass is 561 g/mol. The molecule has 0 fully saturated rings. The van der Waals surface area contributed by atoms with E-state index in [4.69, 9.17) is 0 Å². The molecule has 0 amide bonds. The lowest BCUT2D eigenvalue weighted by molar-refractivity contribution is -0.665. The summed E-state index contributed by atoms with van der Waals surface area (Å²) in [7, 11) is 0. The van der Waals surface area contributed by atoms with Crippen LogP contribution < -0.4 is 9.47 Å². The number of fused-ring (bicyclic) bond motifs is 6. The van der Waals surface area contributed by atoms with Crippen molar-refractivity contribution >= 4 is 72.6 Å². The Labute approximate surface area is 241 Å². The first-order valence-electron chi connectivity index (χ1n) is 13.4. The van der Waals surface area contributed by atoms with Gasteiger partial charge in [-0.15, -0.1) is 0 Å². The minimum Gasteiger partial charge on any atom is -0.481 e. The number of carboxylic acids is 1. The van der Waals surface area contributed by atoms with Crippen molar-refractivity contribution < 1.29 is 14.5 Å². The van der Waals surface area contributed by atoms with Gasteiger partial charge in [-0.1, -0.05) is 108 Å². The van der Waals surface area contributed by atoms with E-state index in [0.29, 0.717) is 6.54 Å². The number of thioether (sulfide) groups is 1. The molecule has 1 aliphatic rings. The van der Waals surface area contributed by atoms with Gasteiger partial charge >= 0.3 is 5.97 Å². The third-order valence-corrected chi connectivity index (χ3v) is 9.43. The first-order valence-corrected chi connectivity index (χ1v) is 15.0. The maximum atomic E-state index is 11.3. The van der Waals surface area contributed by atoms with Crippen molar-refractivity contribution in [1.29, 1.82) is 0 Å². The van der Waals surface area contributed by atoms with Crippen molar-refractivity contribution in [3.05, 3.63) is 119 Å². The Morgan fingerprint density at radius 3 is 2.38 bits per heavy atom. The summed E-state index contributed by atoms with van der Waals surface area (Å²) >= 11 is 3.53. The molecule has 40 heavy (non-hydrogen) atoms. The molecule has 1 aliphatic heterocycles. The predicted octanol–water partition coefficient (Wildman–Crippen LogP) is 8.57. The predicted molar refractivity (Wildman–Crippen MR) is 170 cm³/mol. The van der Waals surface area contributed by atoms with E-state index in [1.54, 1.807) is 11.8 Å². The molecule has 0 saturated carbocycles. The van der Waals surface area contributed by atoms with Crippen LogP contribution in [-0.4, -0.2) is 17.6 Å². The Hall–Kier alpha value is -4.13. The van der Waals surface area contributed by atoms with Crippen LogP contribution in [0.3, 0.4) is 0 Å². The van der Waals surface area contributed by atoms with E-state index in [1.807, 2.05) is 47.8 Å². The smallest absolute Gasteiger partial charge is 0.305 e. The van der Waals surface area contributed by atoms with Crippen molar-refractivity contribution in [2.24, 2.45) is 0 Å². The average Bonchev–Trinajstić information content (AvgIpc) is 3.53. The SMILES string of the molecule is CC[n+]1c(/C=C/C=C/C=C/C=C2\Sc3c(ccc4ccccc34)N2CCC(=O)O)sc2c3ccccc3ccc21. The number of benzene rings is 4. The van der Waals surface area contributed by atoms with Gasteiger partial charge in [0.15, 0.2) is 0 Å². The standard InChI is InChI=1S/C34H28N2O2S2/c1-2-35-28-20-18-24-12-8-10-14-26(24)33(28)39-30(35)16-6-4-3-5-7-17-31-36(23-22-32(37)38)29-21-19-25-13-9-11-15-27(25)34(29)40-31/h3-21H,2,22-23H2,1H3/p+1. The summed E-state index contributed by atoms with van der Waals surface area (Å²) in [5, 5.41) is 16.5. The lowest BCUT2D eigenvalue weighted by Gasteiger charge is -2.19. The van der Waals surface area contributed by atoms with Gasteiger partial charge in [0.1, 0.15) is 11.2 Å². The summed E-state index contributed by atoms with van der Waals surface area (Å²) in [5.74, 6) is -0.792. The molecule has 0 spiro atoms. The fourth-order valence-corrected chi connectivity index (χ4v) is 7.65. The van der Waals surface area contributed by atoms with E-state index in [2.05, 4.69) is 95.3 Å². The normalized spacial score (nSPS) is 14.7. The van der Waals surface area contributed by atoms with Crippen LogP contribution in [0, 0.1) is 0 Å². The zero-order valence-electron chi connectivity index (χ0n) is 22.2. The largest absolute Gasteiger partial charge is 0.481 e. The van der Waals surface area contributed by atoms with E-state index in [0.717, 1.165) is 17.3 Å². The van der Waals surface area contributed by atoms with Gasteiger partial charge in [0, 0.05) is 29.0 Å². The van der Waals surface area contributed by atoms with Gasteiger partial charge in [0.05, 0.1) is 17.1 Å². The second-order valence-electron chi connectivity index (χ2n) is 9.49. The van der Waals surface area contributed by atoms with E-state index < -0.39 is 5.97 Å². The minimum absolute atomic E-state index is 0.0872. The molecule has 0 bridgehead atoms. The summed E-state index contributed by atoms with van der Waals surface area (Å²) < 4.78 is 3.69. The topological polar surface area (TPSA) is 44.4 Å². The lowest BCUT2D eigenvalue weighted by Crippen LogP contribution is -2.33. The Morgan fingerprint density at radius 2 is 1.57 bits per heavy atom. The molecule has 4 aromatic carbocycles. The number of hydrogen-bond acceptors (Lipinski definition) is 4. The van der Waals surface area contributed by atoms with Crippen molar-refractivity contribution in [1.82, 2.24) is 0 Å². The first-order chi connectivity index (χ1) is 19.6. The van der Waals surface area contributed by atoms with Gasteiger partial charge in [0.2, 0.25) is 5.52 Å². The number of aliphatic carboxylic acids is 1. The number of rotatable bonds is 8. The molecule has 1 N–H and O–H groups in total. The summed E-state index contributed by atoms with van der Waals surface area (Å²) in [4.78, 5) is 14.6. The Morgan fingerprint density at radius 1 is 0.875 bits per heavy atom. The molecule has 0 saturated heterocycles. The van der Waals surface area contributed by atoms with Crippen molar-refractivity contribution in [3.8, 4) is 0 Å². The molecule has 2 heterocycles. The van der Waals surface area contributed by atoms with Gasteiger partial charge in [-0.3, -0.25) is 4.79 Å². The fraction of sp³-hybridized carbons (Fsp3) is 0.118. The Kier molecular flexibility index (Phi) is 7.53. The van der Waals surface area contributed by atoms with Gasteiger partial charge in [-0.25, -0.2) is 0 Å². The second-order valence-corrected chi connectivity index (χ2v) is 11.5. The quantitative estimate of drug-likeness (QED) is 0.152. The van der Waals surface area contributed by atoms with Crippen LogP contribution in [-0.2, 0) is 11.3 Å². The molecule has 6 rings (SSSR count). The third-order valence-electron chi connectivity index (χ3n) is 7.03. The maximum Gasteiger partial charge on any atom is 0.305 e. The number of anilines is 1. The van der Waals surface area contributed by atoms with Crippen LogP contribution in [0.25, 0.3) is 37.8 Å². The molecular weight excluding hydrogens is 533 g/mol. The fourth-order valence-electron chi connectivity index (χ4n) is 5.14.